The molecule has 1 aliphatic heterocycles. The lowest BCUT2D eigenvalue weighted by molar-refractivity contribution is 0.0940. The van der Waals surface area contributed by atoms with Gasteiger partial charge in [-0.1, -0.05) is 38.3 Å². The number of nitrogens with zero attached hydrogens (tertiary/aromatic N) is 3. The van der Waals surface area contributed by atoms with E-state index in [0.717, 1.165) is 44.6 Å². The zero-order valence-corrected chi connectivity index (χ0v) is 16.0. The summed E-state index contributed by atoms with van der Waals surface area (Å²) in [5, 5.41) is 14.8. The van der Waals surface area contributed by atoms with Crippen molar-refractivity contribution in [1.29, 1.82) is 0 Å². The fourth-order valence-electron chi connectivity index (χ4n) is 3.21. The fourth-order valence-corrected chi connectivity index (χ4v) is 3.21. The van der Waals surface area contributed by atoms with Crippen LogP contribution >= 0.6 is 12.4 Å². The maximum Gasteiger partial charge on any atom is 0.273 e. The molecule has 0 bridgehead atoms. The third kappa shape index (κ3) is 5.45. The van der Waals surface area contributed by atoms with Gasteiger partial charge in [0.1, 0.15) is 0 Å². The van der Waals surface area contributed by atoms with Crippen LogP contribution in [-0.2, 0) is 0 Å². The number of rotatable bonds is 8. The highest BCUT2D eigenvalue weighted by Crippen LogP contribution is 2.20. The summed E-state index contributed by atoms with van der Waals surface area (Å²) in [4.78, 5) is 12.4. The Bertz CT molecular complexity index is 499. The van der Waals surface area contributed by atoms with E-state index in [-0.39, 0.29) is 18.3 Å². The lowest BCUT2D eigenvalue weighted by atomic mass is 9.99. The Hall–Kier alpha value is -1.14. The molecule has 0 aromatic carbocycles. The second-order valence-electron chi connectivity index (χ2n) is 6.58. The number of piperidine rings is 1. The molecule has 0 saturated carbocycles. The Kier molecular flexibility index (Phi) is 9.29. The molecule has 1 saturated heterocycles. The van der Waals surface area contributed by atoms with Crippen LogP contribution in [0.15, 0.2) is 0 Å². The van der Waals surface area contributed by atoms with Crippen LogP contribution in [0.5, 0.6) is 0 Å². The van der Waals surface area contributed by atoms with E-state index in [1.165, 1.54) is 19.3 Å². The van der Waals surface area contributed by atoms with Crippen molar-refractivity contribution in [1.82, 2.24) is 25.6 Å². The van der Waals surface area contributed by atoms with Gasteiger partial charge in [-0.3, -0.25) is 4.79 Å². The first-order valence-electron chi connectivity index (χ1n) is 9.08. The quantitative estimate of drug-likeness (QED) is 0.750. The molecule has 1 aromatic rings. The fraction of sp³-hybridized carbons (Fsp3) is 0.824. The van der Waals surface area contributed by atoms with Gasteiger partial charge in [0, 0.05) is 6.54 Å². The van der Waals surface area contributed by atoms with Crippen LogP contribution in [0.3, 0.4) is 0 Å². The molecule has 138 valence electrons. The lowest BCUT2D eigenvalue weighted by Crippen LogP contribution is -2.31. The van der Waals surface area contributed by atoms with Gasteiger partial charge < -0.3 is 10.6 Å². The Morgan fingerprint density at radius 1 is 1.38 bits per heavy atom. The number of aromatic nitrogens is 3. The average Bonchev–Trinajstić information content (AvgIpc) is 2.97. The highest BCUT2D eigenvalue weighted by atomic mass is 35.5. The van der Waals surface area contributed by atoms with E-state index >= 15 is 0 Å². The maximum absolute atomic E-state index is 12.4. The van der Waals surface area contributed by atoms with Crippen LogP contribution in [0.4, 0.5) is 0 Å². The van der Waals surface area contributed by atoms with E-state index in [0.29, 0.717) is 17.7 Å². The van der Waals surface area contributed by atoms with Gasteiger partial charge in [-0.25, -0.2) is 4.68 Å². The van der Waals surface area contributed by atoms with Gasteiger partial charge in [-0.05, 0) is 45.2 Å². The van der Waals surface area contributed by atoms with Gasteiger partial charge in [0.05, 0.1) is 11.7 Å². The number of hydrogen-bond donors (Lipinski definition) is 2. The highest BCUT2D eigenvalue weighted by molar-refractivity contribution is 5.93. The van der Waals surface area contributed by atoms with Crippen molar-refractivity contribution in [2.24, 2.45) is 5.92 Å². The first kappa shape index (κ1) is 20.9. The molecule has 2 heterocycles. The van der Waals surface area contributed by atoms with Crippen LogP contribution in [0.25, 0.3) is 0 Å². The molecule has 1 aromatic heterocycles. The summed E-state index contributed by atoms with van der Waals surface area (Å²) in [7, 11) is 0. The second-order valence-corrected chi connectivity index (χ2v) is 6.58. The number of halogens is 1. The number of carbonyl (C=O) groups excluding carboxylic acids is 1. The van der Waals surface area contributed by atoms with E-state index in [1.54, 1.807) is 0 Å². The molecule has 0 aliphatic carbocycles. The lowest BCUT2D eigenvalue weighted by Gasteiger charge is -2.23. The molecule has 6 nitrogen and oxygen atoms in total. The SMILES string of the molecule is CCCCC(CC)CNC(=O)c1nnn(C2CCNCC2)c1C.Cl. The van der Waals surface area contributed by atoms with Gasteiger partial charge in [-0.15, -0.1) is 17.5 Å². The predicted octanol–water partition coefficient (Wildman–Crippen LogP) is 2.88. The first-order chi connectivity index (χ1) is 11.2. The minimum atomic E-state index is -0.0855. The molecule has 7 heteroatoms. The first-order valence-corrected chi connectivity index (χ1v) is 9.08. The third-order valence-corrected chi connectivity index (χ3v) is 4.89. The summed E-state index contributed by atoms with van der Waals surface area (Å²) >= 11 is 0. The monoisotopic (exact) mass is 357 g/mol. The molecule has 0 radical (unpaired) electrons. The smallest absolute Gasteiger partial charge is 0.273 e. The van der Waals surface area contributed by atoms with Crippen molar-refractivity contribution in [3.63, 3.8) is 0 Å². The Morgan fingerprint density at radius 2 is 2.08 bits per heavy atom. The minimum Gasteiger partial charge on any atom is -0.350 e. The summed E-state index contributed by atoms with van der Waals surface area (Å²) in [5.74, 6) is 0.469. The van der Waals surface area contributed by atoms with Crippen LogP contribution in [0, 0.1) is 12.8 Å². The molecule has 1 unspecified atom stereocenters. The van der Waals surface area contributed by atoms with Gasteiger partial charge >= 0.3 is 0 Å². The van der Waals surface area contributed by atoms with Gasteiger partial charge in [0.25, 0.3) is 5.91 Å². The highest BCUT2D eigenvalue weighted by Gasteiger charge is 2.23. The molecule has 1 amide bonds. The number of hydrogen-bond acceptors (Lipinski definition) is 4. The van der Waals surface area contributed by atoms with Crippen LogP contribution in [0.2, 0.25) is 0 Å². The Balaban J connectivity index is 0.00000288. The minimum absolute atomic E-state index is 0. The average molecular weight is 358 g/mol. The molecular formula is C17H32ClN5O. The summed E-state index contributed by atoms with van der Waals surface area (Å²) in [5.41, 5.74) is 1.37. The summed E-state index contributed by atoms with van der Waals surface area (Å²) in [6, 6.07) is 0.359. The molecule has 1 fully saturated rings. The molecule has 1 aliphatic rings. The van der Waals surface area contributed by atoms with E-state index in [1.807, 2.05) is 11.6 Å². The summed E-state index contributed by atoms with van der Waals surface area (Å²) in [6.07, 6.45) is 6.78. The van der Waals surface area contributed by atoms with Gasteiger partial charge in [0.2, 0.25) is 0 Å². The summed E-state index contributed by atoms with van der Waals surface area (Å²) in [6.45, 7) is 9.07. The Labute approximate surface area is 151 Å². The zero-order chi connectivity index (χ0) is 16.7. The van der Waals surface area contributed by atoms with Crippen molar-refractivity contribution < 1.29 is 4.79 Å². The van der Waals surface area contributed by atoms with E-state index in [2.05, 4.69) is 34.8 Å². The number of nitrogens with one attached hydrogen (secondary N) is 2. The van der Waals surface area contributed by atoms with Crippen LogP contribution in [-0.4, -0.2) is 40.5 Å². The molecule has 2 rings (SSSR count). The molecule has 1 atom stereocenters. The number of unbranched alkanes of at least 4 members (excludes halogenated alkanes) is 1. The molecular weight excluding hydrogens is 326 g/mol. The van der Waals surface area contributed by atoms with Gasteiger partial charge in [0.15, 0.2) is 5.69 Å². The maximum atomic E-state index is 12.4. The third-order valence-electron chi connectivity index (χ3n) is 4.89. The van der Waals surface area contributed by atoms with Crippen LogP contribution < -0.4 is 10.6 Å². The molecule has 0 spiro atoms. The molecule has 24 heavy (non-hydrogen) atoms. The van der Waals surface area contributed by atoms with Crippen molar-refractivity contribution in [2.75, 3.05) is 19.6 Å². The largest absolute Gasteiger partial charge is 0.350 e. The van der Waals surface area contributed by atoms with E-state index in [4.69, 9.17) is 0 Å². The van der Waals surface area contributed by atoms with Crippen molar-refractivity contribution in [3.8, 4) is 0 Å². The van der Waals surface area contributed by atoms with Crippen molar-refractivity contribution in [2.45, 2.75) is 65.3 Å². The number of carbonyl (C=O) groups is 1. The summed E-state index contributed by atoms with van der Waals surface area (Å²) < 4.78 is 1.93. The zero-order valence-electron chi connectivity index (χ0n) is 15.2. The normalized spacial score (nSPS) is 16.5. The molecule has 2 N–H and O–H groups in total. The van der Waals surface area contributed by atoms with Gasteiger partial charge in [-0.2, -0.15) is 0 Å². The van der Waals surface area contributed by atoms with Crippen molar-refractivity contribution >= 4 is 18.3 Å². The van der Waals surface area contributed by atoms with Crippen LogP contribution in [0.1, 0.15) is 74.6 Å². The predicted molar refractivity (Wildman–Crippen MR) is 98.8 cm³/mol. The number of amides is 1. The Morgan fingerprint density at radius 3 is 2.71 bits per heavy atom. The van der Waals surface area contributed by atoms with Crippen molar-refractivity contribution in [3.05, 3.63) is 11.4 Å². The standard InChI is InChI=1S/C17H31N5O.ClH/c1-4-6-7-14(5-2)12-19-17(23)16-13(3)22(21-20-16)15-8-10-18-11-9-15;/h14-15,18H,4-12H2,1-3H3,(H,19,23);1H. The van der Waals surface area contributed by atoms with E-state index < -0.39 is 0 Å². The van der Waals surface area contributed by atoms with E-state index in [9.17, 15) is 4.79 Å². The second kappa shape index (κ2) is 10.7. The topological polar surface area (TPSA) is 71.8 Å².